The molecule has 3 nitrogen and oxygen atoms in total. The van der Waals surface area contributed by atoms with Gasteiger partial charge in [0.25, 0.3) is 0 Å². The summed E-state index contributed by atoms with van der Waals surface area (Å²) < 4.78 is 16.1. The molecule has 0 saturated heterocycles. The zero-order valence-electron chi connectivity index (χ0n) is 8.64. The quantitative estimate of drug-likeness (QED) is 0.689. The van der Waals surface area contributed by atoms with Crippen LogP contribution in [0.2, 0.25) is 0 Å². The van der Waals surface area contributed by atoms with E-state index in [-0.39, 0.29) is 5.82 Å². The van der Waals surface area contributed by atoms with Gasteiger partial charge in [-0.3, -0.25) is 0 Å². The van der Waals surface area contributed by atoms with Gasteiger partial charge in [-0.25, -0.2) is 13.9 Å². The number of aromatic nitrogens is 3. The van der Waals surface area contributed by atoms with Gasteiger partial charge in [0.2, 0.25) is 0 Å². The molecule has 3 rings (SSSR count). The molecule has 0 unspecified atom stereocenters. The van der Waals surface area contributed by atoms with Crippen LogP contribution in [0.3, 0.4) is 0 Å². The number of rotatable bonds is 1. The van der Waals surface area contributed by atoms with Gasteiger partial charge in [-0.1, -0.05) is 22.0 Å². The first kappa shape index (κ1) is 10.4. The largest absolute Gasteiger partial charge is 0.221 e. The van der Waals surface area contributed by atoms with Crippen LogP contribution in [0.4, 0.5) is 4.39 Å². The van der Waals surface area contributed by atoms with E-state index in [2.05, 4.69) is 26.0 Å². The Morgan fingerprint density at radius 2 is 2.06 bits per heavy atom. The van der Waals surface area contributed by atoms with Crippen molar-refractivity contribution >= 4 is 21.6 Å². The zero-order valence-corrected chi connectivity index (χ0v) is 10.2. The van der Waals surface area contributed by atoms with Crippen molar-refractivity contribution in [2.45, 2.75) is 0 Å². The van der Waals surface area contributed by atoms with Crippen molar-refractivity contribution in [1.82, 2.24) is 14.6 Å². The van der Waals surface area contributed by atoms with Crippen molar-refractivity contribution in [1.29, 1.82) is 0 Å². The maximum Gasteiger partial charge on any atom is 0.185 e. The standard InChI is InChI=1S/C12H7BrFN3/c13-8-4-5-10(14)9(7-8)12-15-11-3-1-2-6-17(11)16-12/h1-7H. The van der Waals surface area contributed by atoms with Crippen molar-refractivity contribution < 1.29 is 4.39 Å². The fraction of sp³-hybridized carbons (Fsp3) is 0. The molecule has 0 radical (unpaired) electrons. The Bertz CT molecular complexity index is 660. The number of hydrogen-bond donors (Lipinski definition) is 0. The zero-order chi connectivity index (χ0) is 11.8. The molecular weight excluding hydrogens is 285 g/mol. The number of halogens is 2. The highest BCUT2D eigenvalue weighted by molar-refractivity contribution is 9.10. The average molecular weight is 292 g/mol. The number of fused-ring (bicyclic) bond motifs is 1. The number of benzene rings is 1. The van der Waals surface area contributed by atoms with E-state index < -0.39 is 0 Å². The van der Waals surface area contributed by atoms with Gasteiger partial charge >= 0.3 is 0 Å². The molecule has 0 saturated carbocycles. The van der Waals surface area contributed by atoms with E-state index in [1.807, 2.05) is 18.2 Å². The summed E-state index contributed by atoms with van der Waals surface area (Å²) in [5.74, 6) is 0.0547. The molecule has 3 aromatic rings. The minimum absolute atomic E-state index is 0.330. The summed E-state index contributed by atoms with van der Waals surface area (Å²) in [6, 6.07) is 10.3. The highest BCUT2D eigenvalue weighted by Crippen LogP contribution is 2.23. The minimum Gasteiger partial charge on any atom is -0.221 e. The Morgan fingerprint density at radius 1 is 1.18 bits per heavy atom. The second-order valence-corrected chi connectivity index (χ2v) is 4.48. The van der Waals surface area contributed by atoms with Gasteiger partial charge in [0.1, 0.15) is 5.82 Å². The highest BCUT2D eigenvalue weighted by Gasteiger charge is 2.11. The fourth-order valence-corrected chi connectivity index (χ4v) is 1.98. The van der Waals surface area contributed by atoms with Crippen LogP contribution in [0.1, 0.15) is 0 Å². The van der Waals surface area contributed by atoms with Gasteiger partial charge in [-0.05, 0) is 30.3 Å². The molecule has 84 valence electrons. The lowest BCUT2D eigenvalue weighted by atomic mass is 10.2. The maximum atomic E-state index is 13.7. The lowest BCUT2D eigenvalue weighted by molar-refractivity contribution is 0.629. The summed E-state index contributed by atoms with van der Waals surface area (Å²) in [5.41, 5.74) is 1.09. The van der Waals surface area contributed by atoms with Gasteiger partial charge < -0.3 is 0 Å². The Labute approximate surface area is 105 Å². The van der Waals surface area contributed by atoms with Gasteiger partial charge in [0, 0.05) is 10.7 Å². The third kappa shape index (κ3) is 1.82. The van der Waals surface area contributed by atoms with Crippen LogP contribution >= 0.6 is 15.9 Å². The molecule has 0 fully saturated rings. The molecule has 0 aliphatic carbocycles. The van der Waals surface area contributed by atoms with Crippen LogP contribution in [-0.4, -0.2) is 14.6 Å². The van der Waals surface area contributed by atoms with Crippen LogP contribution in [0, 0.1) is 5.82 Å². The molecular formula is C12H7BrFN3. The average Bonchev–Trinajstić information content (AvgIpc) is 2.75. The van der Waals surface area contributed by atoms with Crippen molar-refractivity contribution in [3.05, 3.63) is 52.9 Å². The van der Waals surface area contributed by atoms with Crippen LogP contribution in [0.5, 0.6) is 0 Å². The molecule has 2 aromatic heterocycles. The molecule has 2 heterocycles. The van der Waals surface area contributed by atoms with Crippen LogP contribution < -0.4 is 0 Å². The molecule has 0 amide bonds. The highest BCUT2D eigenvalue weighted by atomic mass is 79.9. The maximum absolute atomic E-state index is 13.7. The summed E-state index contributed by atoms with van der Waals surface area (Å²) >= 11 is 3.31. The van der Waals surface area contributed by atoms with E-state index in [0.29, 0.717) is 17.0 Å². The Hall–Kier alpha value is -1.75. The predicted octanol–water partition coefficient (Wildman–Crippen LogP) is 3.30. The summed E-state index contributed by atoms with van der Waals surface area (Å²) in [6.45, 7) is 0. The number of pyridine rings is 1. The third-order valence-corrected chi connectivity index (χ3v) is 2.90. The first-order valence-corrected chi connectivity index (χ1v) is 5.80. The number of nitrogens with zero attached hydrogens (tertiary/aromatic N) is 3. The van der Waals surface area contributed by atoms with E-state index in [4.69, 9.17) is 0 Å². The second kappa shape index (κ2) is 3.92. The minimum atomic E-state index is -0.330. The molecule has 0 bridgehead atoms. The molecule has 1 aromatic carbocycles. The number of hydrogen-bond acceptors (Lipinski definition) is 2. The SMILES string of the molecule is Fc1ccc(Br)cc1-c1nc2ccccn2n1. The van der Waals surface area contributed by atoms with Gasteiger partial charge in [0.05, 0.1) is 5.56 Å². The monoisotopic (exact) mass is 291 g/mol. The molecule has 0 aliphatic rings. The molecule has 5 heteroatoms. The lowest BCUT2D eigenvalue weighted by Gasteiger charge is -1.98. The normalized spacial score (nSPS) is 10.9. The lowest BCUT2D eigenvalue weighted by Crippen LogP contribution is -1.88. The summed E-state index contributed by atoms with van der Waals surface area (Å²) in [4.78, 5) is 4.28. The fourth-order valence-electron chi connectivity index (χ4n) is 1.61. The van der Waals surface area contributed by atoms with E-state index in [1.165, 1.54) is 6.07 Å². The predicted molar refractivity (Wildman–Crippen MR) is 66.1 cm³/mol. The van der Waals surface area contributed by atoms with Crippen molar-refractivity contribution in [3.8, 4) is 11.4 Å². The van der Waals surface area contributed by atoms with Gasteiger partial charge in [-0.2, -0.15) is 0 Å². The Morgan fingerprint density at radius 3 is 2.88 bits per heavy atom. The molecule has 17 heavy (non-hydrogen) atoms. The van der Waals surface area contributed by atoms with Crippen LogP contribution in [0.25, 0.3) is 17.0 Å². The van der Waals surface area contributed by atoms with E-state index >= 15 is 0 Å². The van der Waals surface area contributed by atoms with Crippen molar-refractivity contribution in [2.75, 3.05) is 0 Å². The van der Waals surface area contributed by atoms with Crippen LogP contribution in [-0.2, 0) is 0 Å². The van der Waals surface area contributed by atoms with E-state index in [9.17, 15) is 4.39 Å². The second-order valence-electron chi connectivity index (χ2n) is 3.56. The Balaban J connectivity index is 2.23. The van der Waals surface area contributed by atoms with Crippen molar-refractivity contribution in [3.63, 3.8) is 0 Å². The van der Waals surface area contributed by atoms with Crippen molar-refractivity contribution in [2.24, 2.45) is 0 Å². The summed E-state index contributed by atoms with van der Waals surface area (Å²) in [5, 5.41) is 4.23. The first-order valence-electron chi connectivity index (χ1n) is 5.01. The van der Waals surface area contributed by atoms with E-state index in [1.54, 1.807) is 22.8 Å². The summed E-state index contributed by atoms with van der Waals surface area (Å²) in [7, 11) is 0. The first-order chi connectivity index (χ1) is 8.24. The molecule has 0 spiro atoms. The summed E-state index contributed by atoms with van der Waals surface area (Å²) in [6.07, 6.45) is 1.78. The Kier molecular flexibility index (Phi) is 2.40. The molecule has 0 aliphatic heterocycles. The van der Waals surface area contributed by atoms with Gasteiger partial charge in [-0.15, -0.1) is 5.10 Å². The van der Waals surface area contributed by atoms with Crippen LogP contribution in [0.15, 0.2) is 47.1 Å². The molecule has 0 atom stereocenters. The smallest absolute Gasteiger partial charge is 0.185 e. The third-order valence-electron chi connectivity index (χ3n) is 2.41. The van der Waals surface area contributed by atoms with Gasteiger partial charge in [0.15, 0.2) is 11.5 Å². The molecule has 0 N–H and O–H groups in total. The topological polar surface area (TPSA) is 30.2 Å². The van der Waals surface area contributed by atoms with E-state index in [0.717, 1.165) is 4.47 Å².